The Balaban J connectivity index is 1.63. The van der Waals surface area contributed by atoms with Crippen molar-refractivity contribution in [2.45, 2.75) is 45.1 Å². The van der Waals surface area contributed by atoms with Crippen LogP contribution in [0.5, 0.6) is 0 Å². The minimum atomic E-state index is 0.262. The van der Waals surface area contributed by atoms with Gasteiger partial charge in [0.25, 0.3) is 0 Å². The van der Waals surface area contributed by atoms with E-state index in [4.69, 9.17) is 0 Å². The van der Waals surface area contributed by atoms with Crippen LogP contribution in [0.2, 0.25) is 0 Å². The topological polar surface area (TPSA) is 45.2 Å². The number of nitrogens with zero attached hydrogens (tertiary/aromatic N) is 2. The number of amides is 1. The first-order valence-electron chi connectivity index (χ1n) is 8.14. The molecule has 1 N–H and O–H groups in total. The highest BCUT2D eigenvalue weighted by Crippen LogP contribution is 2.29. The van der Waals surface area contributed by atoms with Gasteiger partial charge >= 0.3 is 0 Å². The number of nitrogens with one attached hydrogen (secondary N) is 1. The fraction of sp³-hybridized carbons (Fsp3) is 0.647. The second kappa shape index (κ2) is 6.56. The van der Waals surface area contributed by atoms with Gasteiger partial charge in [-0.2, -0.15) is 0 Å². The van der Waals surface area contributed by atoms with Gasteiger partial charge in [-0.1, -0.05) is 6.07 Å². The number of hydrogen-bond acceptors (Lipinski definition) is 3. The zero-order valence-corrected chi connectivity index (χ0v) is 12.8. The lowest BCUT2D eigenvalue weighted by Crippen LogP contribution is -2.41. The largest absolute Gasteiger partial charge is 0.339 e. The van der Waals surface area contributed by atoms with Crippen molar-refractivity contribution >= 4 is 5.91 Å². The molecule has 2 fully saturated rings. The molecule has 21 heavy (non-hydrogen) atoms. The van der Waals surface area contributed by atoms with Gasteiger partial charge in [-0.15, -0.1) is 0 Å². The van der Waals surface area contributed by atoms with Crippen LogP contribution in [0.4, 0.5) is 0 Å². The summed E-state index contributed by atoms with van der Waals surface area (Å²) in [6.07, 6.45) is 6.98. The number of hydrogen-bond donors (Lipinski definition) is 1. The van der Waals surface area contributed by atoms with Crippen LogP contribution in [-0.2, 0) is 11.2 Å². The average molecular weight is 287 g/mol. The molecular weight excluding hydrogens is 262 g/mol. The van der Waals surface area contributed by atoms with E-state index in [1.54, 1.807) is 6.20 Å². The van der Waals surface area contributed by atoms with Crippen molar-refractivity contribution < 1.29 is 4.79 Å². The summed E-state index contributed by atoms with van der Waals surface area (Å²) in [7, 11) is 0. The first-order chi connectivity index (χ1) is 10.2. The summed E-state index contributed by atoms with van der Waals surface area (Å²) < 4.78 is 0. The summed E-state index contributed by atoms with van der Waals surface area (Å²) in [5, 5.41) is 3.40. The Kier molecular flexibility index (Phi) is 4.54. The van der Waals surface area contributed by atoms with Gasteiger partial charge in [-0.3, -0.25) is 9.78 Å². The zero-order chi connectivity index (χ0) is 14.7. The summed E-state index contributed by atoms with van der Waals surface area (Å²) in [4.78, 5) is 19.2. The molecule has 4 heteroatoms. The molecule has 1 aromatic rings. The highest BCUT2D eigenvalue weighted by molar-refractivity contribution is 5.79. The molecular formula is C17H25N3O. The predicted molar refractivity (Wildman–Crippen MR) is 83.0 cm³/mol. The van der Waals surface area contributed by atoms with Gasteiger partial charge < -0.3 is 10.2 Å². The molecule has 0 spiro atoms. The first kappa shape index (κ1) is 14.5. The lowest BCUT2D eigenvalue weighted by molar-refractivity contribution is -0.131. The molecule has 1 amide bonds. The Morgan fingerprint density at radius 1 is 1.33 bits per heavy atom. The first-order valence-corrected chi connectivity index (χ1v) is 8.14. The van der Waals surface area contributed by atoms with E-state index in [2.05, 4.69) is 15.2 Å². The van der Waals surface area contributed by atoms with Crippen molar-refractivity contribution in [1.29, 1.82) is 0 Å². The standard InChI is InChI=1S/C17H25N3O/c1-13-3-2-8-19-16(13)11-17(21)20(15-4-5-15)12-14-6-9-18-10-7-14/h2-3,8,14-15,18H,4-7,9-12H2,1H3. The minimum absolute atomic E-state index is 0.262. The molecule has 3 rings (SSSR count). The van der Waals surface area contributed by atoms with E-state index >= 15 is 0 Å². The van der Waals surface area contributed by atoms with Gasteiger partial charge in [0, 0.05) is 18.8 Å². The third-order valence-electron chi connectivity index (χ3n) is 4.66. The number of rotatable bonds is 5. The molecule has 0 aromatic carbocycles. The van der Waals surface area contributed by atoms with Crippen LogP contribution in [-0.4, -0.2) is 41.5 Å². The maximum Gasteiger partial charge on any atom is 0.228 e. The monoisotopic (exact) mass is 287 g/mol. The number of carbonyl (C=O) groups excluding carboxylic acids is 1. The third-order valence-corrected chi connectivity index (χ3v) is 4.66. The molecule has 0 bridgehead atoms. The Hall–Kier alpha value is -1.42. The summed E-state index contributed by atoms with van der Waals surface area (Å²) in [6.45, 7) is 5.16. The maximum absolute atomic E-state index is 12.7. The van der Waals surface area contributed by atoms with Crippen molar-refractivity contribution in [1.82, 2.24) is 15.2 Å². The molecule has 0 radical (unpaired) electrons. The number of pyridine rings is 1. The van der Waals surface area contributed by atoms with Gasteiger partial charge in [-0.25, -0.2) is 0 Å². The number of aromatic nitrogens is 1. The molecule has 114 valence electrons. The van der Waals surface area contributed by atoms with Crippen molar-refractivity contribution in [3.8, 4) is 0 Å². The molecule has 1 aliphatic heterocycles. The number of piperidine rings is 1. The van der Waals surface area contributed by atoms with Crippen molar-refractivity contribution in [2.75, 3.05) is 19.6 Å². The summed E-state index contributed by atoms with van der Waals surface area (Å²) in [5.74, 6) is 0.929. The average Bonchev–Trinajstić information content (AvgIpc) is 3.33. The van der Waals surface area contributed by atoms with Crippen LogP contribution in [0.3, 0.4) is 0 Å². The number of carbonyl (C=O) groups is 1. The van der Waals surface area contributed by atoms with Crippen LogP contribution in [0, 0.1) is 12.8 Å². The smallest absolute Gasteiger partial charge is 0.228 e. The normalized spacial score (nSPS) is 19.5. The van der Waals surface area contributed by atoms with E-state index < -0.39 is 0 Å². The lowest BCUT2D eigenvalue weighted by atomic mass is 9.97. The van der Waals surface area contributed by atoms with Gasteiger partial charge in [-0.05, 0) is 63.2 Å². The number of aryl methyl sites for hydroxylation is 1. The zero-order valence-electron chi connectivity index (χ0n) is 12.8. The maximum atomic E-state index is 12.7. The molecule has 2 aliphatic rings. The molecule has 0 atom stereocenters. The van der Waals surface area contributed by atoms with E-state index in [-0.39, 0.29) is 5.91 Å². The van der Waals surface area contributed by atoms with E-state index in [0.29, 0.717) is 18.4 Å². The highest BCUT2D eigenvalue weighted by atomic mass is 16.2. The second-order valence-corrected chi connectivity index (χ2v) is 6.41. The quantitative estimate of drug-likeness (QED) is 0.900. The van der Waals surface area contributed by atoms with Crippen LogP contribution in [0.1, 0.15) is 36.9 Å². The molecule has 0 unspecified atom stereocenters. The van der Waals surface area contributed by atoms with Crippen molar-refractivity contribution in [3.63, 3.8) is 0 Å². The Bertz CT molecular complexity index is 493. The summed E-state index contributed by atoms with van der Waals surface area (Å²) in [6, 6.07) is 4.46. The van der Waals surface area contributed by atoms with Crippen LogP contribution in [0.25, 0.3) is 0 Å². The van der Waals surface area contributed by atoms with Crippen LogP contribution < -0.4 is 5.32 Å². The molecule has 2 heterocycles. The van der Waals surface area contributed by atoms with Gasteiger partial charge in [0.05, 0.1) is 12.1 Å². The predicted octanol–water partition coefficient (Wildman–Crippen LogP) is 1.92. The van der Waals surface area contributed by atoms with E-state index in [1.165, 1.54) is 25.7 Å². The third kappa shape index (κ3) is 3.82. The Morgan fingerprint density at radius 2 is 2.10 bits per heavy atom. The second-order valence-electron chi connectivity index (χ2n) is 6.41. The van der Waals surface area contributed by atoms with Gasteiger partial charge in [0.1, 0.15) is 0 Å². The molecule has 1 saturated carbocycles. The van der Waals surface area contributed by atoms with E-state index in [0.717, 1.165) is 30.9 Å². The SMILES string of the molecule is Cc1cccnc1CC(=O)N(CC1CCNCC1)C1CC1. The van der Waals surface area contributed by atoms with Crippen LogP contribution in [0.15, 0.2) is 18.3 Å². The molecule has 4 nitrogen and oxygen atoms in total. The molecule has 1 saturated heterocycles. The highest BCUT2D eigenvalue weighted by Gasteiger charge is 2.34. The fourth-order valence-corrected chi connectivity index (χ4v) is 3.13. The summed E-state index contributed by atoms with van der Waals surface area (Å²) >= 11 is 0. The molecule has 1 aromatic heterocycles. The summed E-state index contributed by atoms with van der Waals surface area (Å²) in [5.41, 5.74) is 2.04. The fourth-order valence-electron chi connectivity index (χ4n) is 3.13. The Morgan fingerprint density at radius 3 is 2.76 bits per heavy atom. The lowest BCUT2D eigenvalue weighted by Gasteiger charge is -2.30. The van der Waals surface area contributed by atoms with E-state index in [9.17, 15) is 4.79 Å². The Labute approximate surface area is 126 Å². The minimum Gasteiger partial charge on any atom is -0.339 e. The van der Waals surface area contributed by atoms with E-state index in [1.807, 2.05) is 19.1 Å². The van der Waals surface area contributed by atoms with Gasteiger partial charge in [0.15, 0.2) is 0 Å². The molecule has 1 aliphatic carbocycles. The van der Waals surface area contributed by atoms with Gasteiger partial charge in [0.2, 0.25) is 5.91 Å². The van der Waals surface area contributed by atoms with Crippen LogP contribution >= 0.6 is 0 Å². The van der Waals surface area contributed by atoms with Crippen molar-refractivity contribution in [3.05, 3.63) is 29.6 Å². The van der Waals surface area contributed by atoms with Crippen molar-refractivity contribution in [2.24, 2.45) is 5.92 Å².